The van der Waals surface area contributed by atoms with Crippen LogP contribution in [0.3, 0.4) is 0 Å². The molecule has 2 unspecified atom stereocenters. The van der Waals surface area contributed by atoms with Gasteiger partial charge in [-0.25, -0.2) is 8.78 Å². The summed E-state index contributed by atoms with van der Waals surface area (Å²) in [6.45, 7) is 3.07. The van der Waals surface area contributed by atoms with Gasteiger partial charge in [-0.15, -0.1) is 11.8 Å². The molecule has 20 heavy (non-hydrogen) atoms. The number of benzene rings is 1. The van der Waals surface area contributed by atoms with Crippen molar-refractivity contribution in [2.75, 3.05) is 5.75 Å². The number of nitrogens with one attached hydrogen (secondary N) is 1. The van der Waals surface area contributed by atoms with Crippen molar-refractivity contribution in [1.29, 1.82) is 0 Å². The van der Waals surface area contributed by atoms with Gasteiger partial charge in [0.05, 0.1) is 11.7 Å². The van der Waals surface area contributed by atoms with Gasteiger partial charge in [0.1, 0.15) is 11.6 Å². The van der Waals surface area contributed by atoms with Crippen molar-refractivity contribution in [3.8, 4) is 0 Å². The fourth-order valence-corrected chi connectivity index (χ4v) is 2.10. The zero-order valence-corrected chi connectivity index (χ0v) is 11.8. The number of thioether (sulfide) groups is 1. The summed E-state index contributed by atoms with van der Waals surface area (Å²) < 4.78 is 26.0. The van der Waals surface area contributed by atoms with Crippen molar-refractivity contribution in [2.45, 2.75) is 24.8 Å². The number of carbonyl (C=O) groups excluding carboxylic acids is 1. The van der Waals surface area contributed by atoms with E-state index in [0.717, 1.165) is 23.9 Å². The first kappa shape index (κ1) is 16.4. The van der Waals surface area contributed by atoms with Gasteiger partial charge in [0.25, 0.3) is 0 Å². The van der Waals surface area contributed by atoms with Crippen molar-refractivity contribution < 1.29 is 23.5 Å². The third kappa shape index (κ3) is 4.80. The van der Waals surface area contributed by atoms with Crippen LogP contribution >= 0.6 is 11.8 Å². The summed E-state index contributed by atoms with van der Waals surface area (Å²) in [5.74, 6) is -3.60. The van der Waals surface area contributed by atoms with Crippen molar-refractivity contribution in [3.05, 3.63) is 29.8 Å². The van der Waals surface area contributed by atoms with Gasteiger partial charge in [0.15, 0.2) is 0 Å². The molecule has 0 aliphatic carbocycles. The summed E-state index contributed by atoms with van der Waals surface area (Å²) in [7, 11) is 0. The Kier molecular flexibility index (Phi) is 5.94. The smallest absolute Gasteiger partial charge is 0.308 e. The van der Waals surface area contributed by atoms with Crippen LogP contribution in [0, 0.1) is 17.6 Å². The number of rotatable bonds is 6. The number of halogens is 2. The van der Waals surface area contributed by atoms with Crippen molar-refractivity contribution >= 4 is 23.6 Å². The molecule has 0 bridgehead atoms. The predicted octanol–water partition coefficient (Wildman–Crippen LogP) is 2.28. The van der Waals surface area contributed by atoms with Gasteiger partial charge in [-0.05, 0) is 26.0 Å². The summed E-state index contributed by atoms with van der Waals surface area (Å²) >= 11 is 0.925. The Morgan fingerprint density at radius 3 is 2.55 bits per heavy atom. The fraction of sp³-hybridized carbons (Fsp3) is 0.385. The largest absolute Gasteiger partial charge is 0.481 e. The minimum absolute atomic E-state index is 0.0702. The number of amides is 1. The van der Waals surface area contributed by atoms with Gasteiger partial charge in [0, 0.05) is 17.0 Å². The van der Waals surface area contributed by atoms with E-state index in [0.29, 0.717) is 0 Å². The molecule has 1 amide bonds. The molecule has 1 aromatic rings. The van der Waals surface area contributed by atoms with E-state index in [1.807, 2.05) is 0 Å². The fourth-order valence-electron chi connectivity index (χ4n) is 1.37. The zero-order valence-electron chi connectivity index (χ0n) is 11.0. The standard InChI is InChI=1S/C13H15F2NO3S/c1-7(13(18)19)8(2)16-12(17)6-20-11-4-3-9(14)5-10(11)15/h3-5,7-8H,6H2,1-2H3,(H,16,17)(H,18,19). The molecule has 0 aliphatic heterocycles. The lowest BCUT2D eigenvalue weighted by Gasteiger charge is -2.17. The maximum Gasteiger partial charge on any atom is 0.308 e. The van der Waals surface area contributed by atoms with E-state index in [1.54, 1.807) is 6.92 Å². The number of aliphatic carboxylic acids is 1. The second kappa shape index (κ2) is 7.23. The van der Waals surface area contributed by atoms with E-state index in [-0.39, 0.29) is 10.6 Å². The molecule has 4 nitrogen and oxygen atoms in total. The number of carboxylic acid groups (broad SMARTS) is 1. The SMILES string of the molecule is CC(NC(=O)CSc1ccc(F)cc1F)C(C)C(=O)O. The molecule has 0 radical (unpaired) electrons. The number of carbonyl (C=O) groups is 2. The molecule has 1 aromatic carbocycles. The Morgan fingerprint density at radius 1 is 1.35 bits per heavy atom. The van der Waals surface area contributed by atoms with Crippen molar-refractivity contribution in [1.82, 2.24) is 5.32 Å². The Balaban J connectivity index is 2.49. The summed E-state index contributed by atoms with van der Waals surface area (Å²) in [6, 6.07) is 2.58. The molecule has 0 aromatic heterocycles. The minimum atomic E-state index is -1.00. The molecule has 1 rings (SSSR count). The molecule has 0 aliphatic rings. The number of hydrogen-bond acceptors (Lipinski definition) is 3. The molecule has 2 atom stereocenters. The predicted molar refractivity (Wildman–Crippen MR) is 71.5 cm³/mol. The normalized spacial score (nSPS) is 13.6. The first-order valence-electron chi connectivity index (χ1n) is 5.91. The second-order valence-electron chi connectivity index (χ2n) is 4.35. The van der Waals surface area contributed by atoms with E-state index >= 15 is 0 Å². The molecular weight excluding hydrogens is 288 g/mol. The molecule has 0 spiro atoms. The third-order valence-corrected chi connectivity index (χ3v) is 3.83. The van der Waals surface area contributed by atoms with Crippen LogP contribution in [0.1, 0.15) is 13.8 Å². The van der Waals surface area contributed by atoms with Crippen LogP contribution in [0.2, 0.25) is 0 Å². The topological polar surface area (TPSA) is 66.4 Å². The minimum Gasteiger partial charge on any atom is -0.481 e. The maximum absolute atomic E-state index is 13.3. The van der Waals surface area contributed by atoms with Crippen molar-refractivity contribution in [2.24, 2.45) is 5.92 Å². The first-order chi connectivity index (χ1) is 9.31. The molecular formula is C13H15F2NO3S. The van der Waals surface area contributed by atoms with Crippen LogP contribution in [-0.2, 0) is 9.59 Å². The van der Waals surface area contributed by atoms with Crippen LogP contribution < -0.4 is 5.32 Å². The second-order valence-corrected chi connectivity index (χ2v) is 5.36. The van der Waals surface area contributed by atoms with E-state index in [9.17, 15) is 18.4 Å². The van der Waals surface area contributed by atoms with E-state index < -0.39 is 35.5 Å². The number of hydrogen-bond donors (Lipinski definition) is 2. The van der Waals surface area contributed by atoms with Gasteiger partial charge in [-0.3, -0.25) is 9.59 Å². The number of carboxylic acids is 1. The third-order valence-electron chi connectivity index (χ3n) is 2.78. The highest BCUT2D eigenvalue weighted by Crippen LogP contribution is 2.22. The van der Waals surface area contributed by atoms with E-state index in [2.05, 4.69) is 5.32 Å². The lowest BCUT2D eigenvalue weighted by Crippen LogP contribution is -2.40. The molecule has 0 fully saturated rings. The van der Waals surface area contributed by atoms with Crippen molar-refractivity contribution in [3.63, 3.8) is 0 Å². The average molecular weight is 303 g/mol. The van der Waals surface area contributed by atoms with Gasteiger partial charge in [-0.1, -0.05) is 0 Å². The van der Waals surface area contributed by atoms with Crippen LogP contribution in [0.15, 0.2) is 23.1 Å². The highest BCUT2D eigenvalue weighted by molar-refractivity contribution is 8.00. The quantitative estimate of drug-likeness (QED) is 0.791. The Hall–Kier alpha value is -1.63. The molecule has 7 heteroatoms. The molecule has 0 heterocycles. The monoisotopic (exact) mass is 303 g/mol. The highest BCUT2D eigenvalue weighted by atomic mass is 32.2. The maximum atomic E-state index is 13.3. The van der Waals surface area contributed by atoms with Gasteiger partial charge < -0.3 is 10.4 Å². The highest BCUT2D eigenvalue weighted by Gasteiger charge is 2.21. The van der Waals surface area contributed by atoms with Gasteiger partial charge in [0.2, 0.25) is 5.91 Å². The molecule has 110 valence electrons. The van der Waals surface area contributed by atoms with E-state index in [4.69, 9.17) is 5.11 Å². The summed E-state index contributed by atoms with van der Waals surface area (Å²) in [6.07, 6.45) is 0. The van der Waals surface area contributed by atoms with E-state index in [1.165, 1.54) is 13.0 Å². The van der Waals surface area contributed by atoms with Gasteiger partial charge >= 0.3 is 5.97 Å². The summed E-state index contributed by atoms with van der Waals surface area (Å²) in [4.78, 5) is 22.5. The Morgan fingerprint density at radius 2 is 2.00 bits per heavy atom. The lowest BCUT2D eigenvalue weighted by atomic mass is 10.0. The van der Waals surface area contributed by atoms with Gasteiger partial charge in [-0.2, -0.15) is 0 Å². The molecule has 0 saturated carbocycles. The zero-order chi connectivity index (χ0) is 15.3. The average Bonchev–Trinajstić information content (AvgIpc) is 2.36. The first-order valence-corrected chi connectivity index (χ1v) is 6.90. The molecule has 0 saturated heterocycles. The summed E-state index contributed by atoms with van der Waals surface area (Å²) in [5, 5.41) is 11.3. The van der Waals surface area contributed by atoms with Crippen LogP contribution in [0.5, 0.6) is 0 Å². The lowest BCUT2D eigenvalue weighted by molar-refractivity contribution is -0.142. The van der Waals surface area contributed by atoms with Crippen LogP contribution in [-0.4, -0.2) is 28.8 Å². The molecule has 2 N–H and O–H groups in total. The Labute approximate surface area is 119 Å². The van der Waals surface area contributed by atoms with Crippen LogP contribution in [0.25, 0.3) is 0 Å². The summed E-state index contributed by atoms with van der Waals surface area (Å²) in [5.41, 5.74) is 0. The van der Waals surface area contributed by atoms with Crippen LogP contribution in [0.4, 0.5) is 8.78 Å². The Bertz CT molecular complexity index is 510.